The third-order valence-corrected chi connectivity index (χ3v) is 6.70. The zero-order chi connectivity index (χ0) is 23.1. The third kappa shape index (κ3) is 6.13. The molecule has 2 aromatic carbocycles. The first-order chi connectivity index (χ1) is 15.3. The van der Waals surface area contributed by atoms with Crippen LogP contribution >= 0.6 is 11.6 Å². The zero-order valence-electron chi connectivity index (χ0n) is 18.0. The monoisotopic (exact) mass is 482 g/mol. The predicted octanol–water partition coefficient (Wildman–Crippen LogP) is 3.13. The Bertz CT molecular complexity index is 1040. The highest BCUT2D eigenvalue weighted by Gasteiger charge is 2.20. The maximum Gasteiger partial charge on any atom is 0.251 e. The van der Waals surface area contributed by atoms with Gasteiger partial charge in [0.2, 0.25) is 10.0 Å². The van der Waals surface area contributed by atoms with Crippen LogP contribution in [0.5, 0.6) is 11.5 Å². The molecule has 0 saturated carbocycles. The van der Waals surface area contributed by atoms with E-state index in [1.54, 1.807) is 12.1 Å². The van der Waals surface area contributed by atoms with E-state index in [0.29, 0.717) is 35.3 Å². The van der Waals surface area contributed by atoms with E-state index in [9.17, 15) is 13.2 Å². The molecule has 0 aliphatic carbocycles. The molecule has 1 aliphatic rings. The summed E-state index contributed by atoms with van der Waals surface area (Å²) in [5, 5.41) is 3.18. The number of ether oxygens (including phenoxy) is 3. The lowest BCUT2D eigenvalue weighted by molar-refractivity contribution is 0.0950. The number of amides is 1. The molecule has 0 bridgehead atoms. The number of methoxy groups -OCH3 is 1. The zero-order valence-corrected chi connectivity index (χ0v) is 19.6. The van der Waals surface area contributed by atoms with Gasteiger partial charge in [0.15, 0.2) is 11.5 Å². The maximum atomic E-state index is 12.5. The predicted molar refractivity (Wildman–Crippen MR) is 121 cm³/mol. The fourth-order valence-electron chi connectivity index (χ4n) is 3.32. The first-order valence-corrected chi connectivity index (χ1v) is 12.2. The SMILES string of the molecule is CCOc1c(Cl)cc(CNC(=O)c2ccc(S(=O)(=O)NCC3CCCO3)cc2)cc1OC. The minimum atomic E-state index is -3.67. The molecule has 2 N–H and O–H groups in total. The van der Waals surface area contributed by atoms with E-state index < -0.39 is 10.0 Å². The molecule has 0 spiro atoms. The van der Waals surface area contributed by atoms with Gasteiger partial charge in [0.05, 0.1) is 29.7 Å². The molecule has 32 heavy (non-hydrogen) atoms. The highest BCUT2D eigenvalue weighted by Crippen LogP contribution is 2.36. The number of rotatable bonds is 10. The Kier molecular flexibility index (Phi) is 8.36. The Morgan fingerprint density at radius 3 is 2.62 bits per heavy atom. The average molecular weight is 483 g/mol. The van der Waals surface area contributed by atoms with Crippen LogP contribution < -0.4 is 19.5 Å². The standard InChI is InChI=1S/C22H27ClN2O6S/c1-3-30-21-19(23)11-15(12-20(21)29-2)13-24-22(26)16-6-8-18(9-7-16)32(27,28)25-14-17-5-4-10-31-17/h6-9,11-12,17,25H,3-5,10,13-14H2,1-2H3,(H,24,26). The topological polar surface area (TPSA) is 103 Å². The van der Waals surface area contributed by atoms with Crippen molar-refractivity contribution in [2.45, 2.75) is 37.3 Å². The first kappa shape index (κ1) is 24.3. The minimum Gasteiger partial charge on any atom is -0.493 e. The van der Waals surface area contributed by atoms with E-state index >= 15 is 0 Å². The summed E-state index contributed by atoms with van der Waals surface area (Å²) in [5.41, 5.74) is 1.08. The molecular weight excluding hydrogens is 456 g/mol. The van der Waals surface area contributed by atoms with Crippen molar-refractivity contribution in [3.63, 3.8) is 0 Å². The van der Waals surface area contributed by atoms with Gasteiger partial charge in [-0.3, -0.25) is 4.79 Å². The smallest absolute Gasteiger partial charge is 0.251 e. The lowest BCUT2D eigenvalue weighted by atomic mass is 10.1. The molecule has 3 rings (SSSR count). The van der Waals surface area contributed by atoms with Crippen LogP contribution in [0, 0.1) is 0 Å². The van der Waals surface area contributed by atoms with Crippen LogP contribution in [0.1, 0.15) is 35.7 Å². The first-order valence-electron chi connectivity index (χ1n) is 10.3. The van der Waals surface area contributed by atoms with Crippen LogP contribution in [0.25, 0.3) is 0 Å². The second-order valence-corrected chi connectivity index (χ2v) is 9.41. The molecule has 1 heterocycles. The lowest BCUT2D eigenvalue weighted by Crippen LogP contribution is -2.31. The Morgan fingerprint density at radius 1 is 1.25 bits per heavy atom. The molecular formula is C22H27ClN2O6S. The Morgan fingerprint density at radius 2 is 2.00 bits per heavy atom. The van der Waals surface area contributed by atoms with Crippen molar-refractivity contribution in [2.75, 3.05) is 26.9 Å². The molecule has 1 aliphatic heterocycles. The number of hydrogen-bond acceptors (Lipinski definition) is 6. The molecule has 174 valence electrons. The molecule has 1 unspecified atom stereocenters. The van der Waals surface area contributed by atoms with Crippen molar-refractivity contribution in [1.82, 2.24) is 10.0 Å². The molecule has 0 aromatic heterocycles. The van der Waals surface area contributed by atoms with Gasteiger partial charge in [-0.25, -0.2) is 13.1 Å². The van der Waals surface area contributed by atoms with Crippen LogP contribution in [-0.2, 0) is 21.3 Å². The van der Waals surface area contributed by atoms with Crippen molar-refractivity contribution in [1.29, 1.82) is 0 Å². The number of sulfonamides is 1. The van der Waals surface area contributed by atoms with E-state index in [-0.39, 0.29) is 30.0 Å². The van der Waals surface area contributed by atoms with Gasteiger partial charge in [0, 0.05) is 25.3 Å². The summed E-state index contributed by atoms with van der Waals surface area (Å²) in [6.07, 6.45) is 1.68. The summed E-state index contributed by atoms with van der Waals surface area (Å²) in [7, 11) is -2.15. The van der Waals surface area contributed by atoms with Crippen LogP contribution in [0.3, 0.4) is 0 Å². The summed E-state index contributed by atoms with van der Waals surface area (Å²) < 4.78 is 43.7. The van der Waals surface area contributed by atoms with Gasteiger partial charge < -0.3 is 19.5 Å². The van der Waals surface area contributed by atoms with E-state index in [1.165, 1.54) is 31.4 Å². The van der Waals surface area contributed by atoms with Crippen molar-refractivity contribution >= 4 is 27.5 Å². The average Bonchev–Trinajstić information content (AvgIpc) is 3.31. The number of carbonyl (C=O) groups excluding carboxylic acids is 1. The second kappa shape index (κ2) is 11.0. The molecule has 1 atom stereocenters. The van der Waals surface area contributed by atoms with Crippen LogP contribution in [0.4, 0.5) is 0 Å². The van der Waals surface area contributed by atoms with E-state index in [1.807, 2.05) is 6.92 Å². The number of benzene rings is 2. The fraction of sp³-hybridized carbons (Fsp3) is 0.409. The molecule has 0 radical (unpaired) electrons. The Labute approximate surface area is 193 Å². The highest BCUT2D eigenvalue weighted by atomic mass is 35.5. The molecule has 2 aromatic rings. The van der Waals surface area contributed by atoms with Crippen LogP contribution in [-0.4, -0.2) is 47.3 Å². The fourth-order valence-corrected chi connectivity index (χ4v) is 4.68. The van der Waals surface area contributed by atoms with Gasteiger partial charge in [0.1, 0.15) is 0 Å². The van der Waals surface area contributed by atoms with Gasteiger partial charge in [0.25, 0.3) is 5.91 Å². The van der Waals surface area contributed by atoms with Crippen LogP contribution in [0.2, 0.25) is 5.02 Å². The summed E-state index contributed by atoms with van der Waals surface area (Å²) in [6, 6.07) is 9.20. The van der Waals surface area contributed by atoms with Crippen molar-refractivity contribution < 1.29 is 27.4 Å². The molecule has 1 fully saturated rings. The highest BCUT2D eigenvalue weighted by molar-refractivity contribution is 7.89. The van der Waals surface area contributed by atoms with Crippen LogP contribution in [0.15, 0.2) is 41.3 Å². The molecule has 1 amide bonds. The van der Waals surface area contributed by atoms with E-state index in [2.05, 4.69) is 10.0 Å². The summed E-state index contributed by atoms with van der Waals surface area (Å²) >= 11 is 6.26. The normalized spacial score (nSPS) is 16.0. The molecule has 10 heteroatoms. The number of halogens is 1. The number of nitrogens with one attached hydrogen (secondary N) is 2. The van der Waals surface area contributed by atoms with Crippen molar-refractivity contribution in [3.05, 3.63) is 52.5 Å². The Hall–Kier alpha value is -2.33. The largest absolute Gasteiger partial charge is 0.493 e. The maximum absolute atomic E-state index is 12.5. The van der Waals surface area contributed by atoms with Crippen molar-refractivity contribution in [2.24, 2.45) is 0 Å². The summed E-state index contributed by atoms with van der Waals surface area (Å²) in [6.45, 7) is 3.40. The van der Waals surface area contributed by atoms with Gasteiger partial charge in [-0.15, -0.1) is 0 Å². The number of hydrogen-bond donors (Lipinski definition) is 2. The van der Waals surface area contributed by atoms with Gasteiger partial charge in [-0.05, 0) is 61.7 Å². The van der Waals surface area contributed by atoms with E-state index in [0.717, 1.165) is 18.4 Å². The lowest BCUT2D eigenvalue weighted by Gasteiger charge is -2.14. The minimum absolute atomic E-state index is 0.0927. The second-order valence-electron chi connectivity index (χ2n) is 7.24. The summed E-state index contributed by atoms with van der Waals surface area (Å²) in [4.78, 5) is 12.6. The molecule has 8 nitrogen and oxygen atoms in total. The van der Waals surface area contributed by atoms with Crippen molar-refractivity contribution in [3.8, 4) is 11.5 Å². The number of carbonyl (C=O) groups is 1. The van der Waals surface area contributed by atoms with Gasteiger partial charge >= 0.3 is 0 Å². The quantitative estimate of drug-likeness (QED) is 0.539. The molecule has 1 saturated heterocycles. The van der Waals surface area contributed by atoms with Gasteiger partial charge in [-0.2, -0.15) is 0 Å². The van der Waals surface area contributed by atoms with Gasteiger partial charge in [-0.1, -0.05) is 11.6 Å². The Balaban J connectivity index is 1.60. The summed E-state index contributed by atoms with van der Waals surface area (Å²) in [5.74, 6) is 0.593. The van der Waals surface area contributed by atoms with E-state index in [4.69, 9.17) is 25.8 Å². The third-order valence-electron chi connectivity index (χ3n) is 4.98.